The average Bonchev–Trinajstić information content (AvgIpc) is 3.01. The van der Waals surface area contributed by atoms with Gasteiger partial charge in [-0.2, -0.15) is 0 Å². The van der Waals surface area contributed by atoms with Gasteiger partial charge in [0.05, 0.1) is 17.0 Å². The van der Waals surface area contributed by atoms with Crippen molar-refractivity contribution >= 4 is 35.5 Å². The summed E-state index contributed by atoms with van der Waals surface area (Å²) < 4.78 is 0. The van der Waals surface area contributed by atoms with Gasteiger partial charge in [-0.05, 0) is 25.0 Å². The number of piperidine rings is 1. The van der Waals surface area contributed by atoms with Gasteiger partial charge in [-0.25, -0.2) is 0 Å². The van der Waals surface area contributed by atoms with Crippen LogP contribution >= 0.6 is 0 Å². The zero-order chi connectivity index (χ0) is 25.6. The zero-order valence-electron chi connectivity index (χ0n) is 19.2. The number of benzene rings is 1. The number of nitrogens with two attached hydrogens (primary N) is 2. The van der Waals surface area contributed by atoms with Gasteiger partial charge in [0.25, 0.3) is 17.7 Å². The number of carbonyl (C=O) groups is 6. The number of likely N-dealkylation sites (tertiary alicyclic amines) is 1. The molecule has 1 aromatic carbocycles. The van der Waals surface area contributed by atoms with Crippen molar-refractivity contribution in [2.45, 2.75) is 51.6 Å². The van der Waals surface area contributed by atoms with Crippen LogP contribution in [-0.4, -0.2) is 68.5 Å². The predicted octanol–water partition coefficient (Wildman–Crippen LogP) is 0.120. The Morgan fingerprint density at radius 1 is 1.12 bits per heavy atom. The van der Waals surface area contributed by atoms with Gasteiger partial charge in [0.2, 0.25) is 11.8 Å². The van der Waals surface area contributed by atoms with E-state index in [1.54, 1.807) is 12.1 Å². The van der Waals surface area contributed by atoms with E-state index in [1.807, 2.05) is 0 Å². The summed E-state index contributed by atoms with van der Waals surface area (Å²) in [6.07, 6.45) is -0.196. The number of nitrogens with zero attached hydrogens (tertiary/aromatic N) is 2. The zero-order valence-corrected chi connectivity index (χ0v) is 19.2. The minimum atomic E-state index is -2.10. The normalized spacial score (nSPS) is 21.4. The lowest BCUT2D eigenvalue weighted by Crippen LogP contribution is -2.70. The smallest absolute Gasteiger partial charge is 0.308 e. The molecule has 11 heteroatoms. The maximum Gasteiger partial charge on any atom is 0.308 e. The Labute approximate surface area is 196 Å². The van der Waals surface area contributed by atoms with Gasteiger partial charge in [0.15, 0.2) is 0 Å². The molecule has 0 radical (unpaired) electrons. The summed E-state index contributed by atoms with van der Waals surface area (Å²) >= 11 is 0. The van der Waals surface area contributed by atoms with Crippen LogP contribution in [0.2, 0.25) is 0 Å². The molecular formula is C23H28N4O7. The molecule has 182 valence electrons. The van der Waals surface area contributed by atoms with Crippen molar-refractivity contribution in [3.8, 4) is 0 Å². The van der Waals surface area contributed by atoms with E-state index in [9.17, 15) is 33.9 Å². The number of hydrogen-bond acceptors (Lipinski definition) is 7. The molecule has 3 rings (SSSR count). The Bertz CT molecular complexity index is 1060. The molecule has 0 spiro atoms. The SMILES string of the molecule is CCC(C(=O)O)[C@@](N)(C(N)=O)C(C)(C)CN1C(=O)CCC(N2C(=O)c3ccccc3C2=O)C1=O. The number of carboxylic acids is 1. The molecular weight excluding hydrogens is 444 g/mol. The van der Waals surface area contributed by atoms with Crippen LogP contribution in [0.1, 0.15) is 60.7 Å². The fraction of sp³-hybridized carbons (Fsp3) is 0.478. The van der Waals surface area contributed by atoms with Gasteiger partial charge < -0.3 is 16.6 Å². The lowest BCUT2D eigenvalue weighted by molar-refractivity contribution is -0.158. The van der Waals surface area contributed by atoms with Crippen molar-refractivity contribution in [2.24, 2.45) is 22.8 Å². The molecule has 5 amide bonds. The Hall–Kier alpha value is -3.60. The molecule has 2 heterocycles. The second-order valence-corrected chi connectivity index (χ2v) is 9.31. The first-order valence-electron chi connectivity index (χ1n) is 10.9. The Balaban J connectivity index is 1.94. The van der Waals surface area contributed by atoms with Crippen LogP contribution in [0, 0.1) is 11.3 Å². The first-order valence-corrected chi connectivity index (χ1v) is 10.9. The van der Waals surface area contributed by atoms with Gasteiger partial charge in [0, 0.05) is 18.4 Å². The van der Waals surface area contributed by atoms with Crippen LogP contribution in [0.4, 0.5) is 0 Å². The van der Waals surface area contributed by atoms with Crippen molar-refractivity contribution in [2.75, 3.05) is 6.54 Å². The first kappa shape index (κ1) is 25.0. The number of carboxylic acid groups (broad SMARTS) is 1. The molecule has 1 fully saturated rings. The quantitative estimate of drug-likeness (QED) is 0.446. The summed E-state index contributed by atoms with van der Waals surface area (Å²) in [5.74, 6) is -6.43. The summed E-state index contributed by atoms with van der Waals surface area (Å²) in [5, 5.41) is 9.64. The van der Waals surface area contributed by atoms with Crippen molar-refractivity contribution in [1.29, 1.82) is 0 Å². The largest absolute Gasteiger partial charge is 0.481 e. The highest BCUT2D eigenvalue weighted by atomic mass is 16.4. The molecule has 0 bridgehead atoms. The molecule has 2 aliphatic heterocycles. The maximum absolute atomic E-state index is 13.4. The molecule has 0 aliphatic carbocycles. The number of hydrogen-bond donors (Lipinski definition) is 3. The fourth-order valence-corrected chi connectivity index (χ4v) is 4.91. The molecule has 2 unspecified atom stereocenters. The van der Waals surface area contributed by atoms with E-state index in [2.05, 4.69) is 0 Å². The molecule has 34 heavy (non-hydrogen) atoms. The minimum Gasteiger partial charge on any atom is -0.481 e. The molecule has 0 saturated carbocycles. The summed E-state index contributed by atoms with van der Waals surface area (Å²) in [7, 11) is 0. The highest BCUT2D eigenvalue weighted by molar-refractivity contribution is 6.23. The molecule has 11 nitrogen and oxygen atoms in total. The Kier molecular flexibility index (Phi) is 6.36. The summed E-state index contributed by atoms with van der Waals surface area (Å²) in [5.41, 5.74) is 8.65. The molecule has 3 atom stereocenters. The van der Waals surface area contributed by atoms with E-state index < -0.39 is 65.0 Å². The number of rotatable bonds is 8. The Morgan fingerprint density at radius 3 is 2.09 bits per heavy atom. The molecule has 1 saturated heterocycles. The van der Waals surface area contributed by atoms with Gasteiger partial charge in [-0.15, -0.1) is 0 Å². The third-order valence-corrected chi connectivity index (χ3v) is 6.96. The number of fused-ring (bicyclic) bond motifs is 1. The van der Waals surface area contributed by atoms with Gasteiger partial charge >= 0.3 is 5.97 Å². The van der Waals surface area contributed by atoms with E-state index in [0.29, 0.717) is 0 Å². The topological polar surface area (TPSA) is 181 Å². The van der Waals surface area contributed by atoms with Crippen molar-refractivity contribution in [3.63, 3.8) is 0 Å². The second-order valence-electron chi connectivity index (χ2n) is 9.31. The molecule has 2 aliphatic rings. The van der Waals surface area contributed by atoms with Crippen molar-refractivity contribution in [1.82, 2.24) is 9.80 Å². The maximum atomic E-state index is 13.4. The number of carbonyl (C=O) groups excluding carboxylic acids is 5. The molecule has 5 N–H and O–H groups in total. The van der Waals surface area contributed by atoms with Crippen LogP contribution in [0.5, 0.6) is 0 Å². The highest BCUT2D eigenvalue weighted by Crippen LogP contribution is 2.39. The van der Waals surface area contributed by atoms with E-state index in [4.69, 9.17) is 11.5 Å². The van der Waals surface area contributed by atoms with E-state index in [0.717, 1.165) is 9.80 Å². The standard InChI is InChI=1S/C23H28N4O7/c1-4-14(20(32)33)23(25,21(24)34)22(2,3)11-26-16(28)10-9-15(19(26)31)27-17(29)12-7-5-6-8-13(12)18(27)30/h5-8,14-15H,4,9-11,25H2,1-3H3,(H2,24,34)(H,32,33)/t14?,15?,23-/m1/s1. The lowest BCUT2D eigenvalue weighted by Gasteiger charge is -2.47. The first-order chi connectivity index (χ1) is 15.8. The molecule has 1 aromatic rings. The Morgan fingerprint density at radius 2 is 1.65 bits per heavy atom. The average molecular weight is 472 g/mol. The van der Waals surface area contributed by atoms with Crippen LogP contribution < -0.4 is 11.5 Å². The predicted molar refractivity (Wildman–Crippen MR) is 118 cm³/mol. The van der Waals surface area contributed by atoms with Gasteiger partial charge in [-0.1, -0.05) is 32.9 Å². The monoisotopic (exact) mass is 472 g/mol. The van der Waals surface area contributed by atoms with E-state index in [1.165, 1.54) is 32.9 Å². The van der Waals surface area contributed by atoms with E-state index >= 15 is 0 Å². The molecule has 0 aromatic heterocycles. The number of imide groups is 2. The number of amides is 5. The van der Waals surface area contributed by atoms with Crippen LogP contribution in [-0.2, 0) is 19.2 Å². The number of aliphatic carboxylic acids is 1. The third kappa shape index (κ3) is 3.65. The van der Waals surface area contributed by atoms with Crippen LogP contribution in [0.25, 0.3) is 0 Å². The minimum absolute atomic E-state index is 0.0161. The van der Waals surface area contributed by atoms with Gasteiger partial charge in [-0.3, -0.25) is 38.6 Å². The highest BCUT2D eigenvalue weighted by Gasteiger charge is 2.57. The third-order valence-electron chi connectivity index (χ3n) is 6.96. The van der Waals surface area contributed by atoms with Gasteiger partial charge in [0.1, 0.15) is 11.6 Å². The fourth-order valence-electron chi connectivity index (χ4n) is 4.91. The lowest BCUT2D eigenvalue weighted by atomic mass is 9.63. The van der Waals surface area contributed by atoms with Crippen molar-refractivity contribution in [3.05, 3.63) is 35.4 Å². The van der Waals surface area contributed by atoms with Crippen molar-refractivity contribution < 1.29 is 33.9 Å². The number of primary amides is 1. The summed E-state index contributed by atoms with van der Waals surface area (Å²) in [4.78, 5) is 77.8. The summed E-state index contributed by atoms with van der Waals surface area (Å²) in [6, 6.07) is 4.96. The second kappa shape index (κ2) is 8.64. The summed E-state index contributed by atoms with van der Waals surface area (Å²) in [6.45, 7) is 4.02. The van der Waals surface area contributed by atoms with E-state index in [-0.39, 0.29) is 30.4 Å². The van der Waals surface area contributed by atoms with Crippen LogP contribution in [0.3, 0.4) is 0 Å². The van der Waals surface area contributed by atoms with Crippen LogP contribution in [0.15, 0.2) is 24.3 Å².